The predicted molar refractivity (Wildman–Crippen MR) is 72.3 cm³/mol. The summed E-state index contributed by atoms with van der Waals surface area (Å²) in [5.41, 5.74) is 7.09. The lowest BCUT2D eigenvalue weighted by Crippen LogP contribution is -2.42. The normalized spacial score (nSPS) is 28.1. The van der Waals surface area contributed by atoms with Crippen LogP contribution in [-0.4, -0.2) is 25.2 Å². The van der Waals surface area contributed by atoms with Gasteiger partial charge in [-0.3, -0.25) is 4.79 Å². The Kier molecular flexibility index (Phi) is 3.53. The van der Waals surface area contributed by atoms with E-state index >= 15 is 0 Å². The second-order valence-electron chi connectivity index (χ2n) is 5.54. The number of nitrogens with two attached hydrogens (primary N) is 1. The van der Waals surface area contributed by atoms with E-state index in [4.69, 9.17) is 10.5 Å². The van der Waals surface area contributed by atoms with Crippen LogP contribution >= 0.6 is 0 Å². The van der Waals surface area contributed by atoms with Crippen LogP contribution in [0.4, 0.5) is 0 Å². The molecule has 102 valence electrons. The molecule has 2 aliphatic rings. The zero-order valence-corrected chi connectivity index (χ0v) is 10.9. The third-order valence-corrected chi connectivity index (χ3v) is 4.01. The van der Waals surface area contributed by atoms with Gasteiger partial charge in [0.25, 0.3) is 0 Å². The number of nitrogens with one attached hydrogen (secondary N) is 1. The van der Waals surface area contributed by atoms with Gasteiger partial charge in [-0.1, -0.05) is 30.3 Å². The Morgan fingerprint density at radius 2 is 2.00 bits per heavy atom. The maximum atomic E-state index is 12.3. The quantitative estimate of drug-likeness (QED) is 0.855. The topological polar surface area (TPSA) is 64.3 Å². The van der Waals surface area contributed by atoms with Crippen molar-refractivity contribution in [1.82, 2.24) is 5.32 Å². The smallest absolute Gasteiger partial charge is 0.227 e. The molecular formula is C15H20N2O2. The van der Waals surface area contributed by atoms with Gasteiger partial charge in [-0.05, 0) is 24.3 Å². The molecular weight excluding hydrogens is 240 g/mol. The lowest BCUT2D eigenvalue weighted by molar-refractivity contribution is -0.126. The molecule has 1 aliphatic heterocycles. The Balaban J connectivity index is 1.70. The minimum Gasteiger partial charge on any atom is -0.379 e. The first kappa shape index (κ1) is 12.6. The third-order valence-electron chi connectivity index (χ3n) is 4.01. The van der Waals surface area contributed by atoms with Crippen molar-refractivity contribution in [3.05, 3.63) is 35.9 Å². The van der Waals surface area contributed by atoms with Gasteiger partial charge in [-0.15, -0.1) is 0 Å². The standard InChI is InChI=1S/C15H20N2O2/c16-13-9-19-8-12(13)15(18)17-14(11-6-7-11)10-4-2-1-3-5-10/h1-5,11-14H,6-9,16H2,(H,17,18). The van der Waals surface area contributed by atoms with Crippen LogP contribution in [0.5, 0.6) is 0 Å². The van der Waals surface area contributed by atoms with E-state index in [9.17, 15) is 4.79 Å². The van der Waals surface area contributed by atoms with E-state index in [0.717, 1.165) is 0 Å². The van der Waals surface area contributed by atoms with Crippen molar-refractivity contribution in [2.75, 3.05) is 13.2 Å². The first-order valence-electron chi connectivity index (χ1n) is 6.94. The van der Waals surface area contributed by atoms with Crippen molar-refractivity contribution in [2.24, 2.45) is 17.6 Å². The number of carbonyl (C=O) groups excluding carboxylic acids is 1. The zero-order valence-electron chi connectivity index (χ0n) is 10.9. The average molecular weight is 260 g/mol. The molecule has 0 aromatic heterocycles. The van der Waals surface area contributed by atoms with Crippen molar-refractivity contribution >= 4 is 5.91 Å². The molecule has 0 spiro atoms. The molecule has 1 saturated heterocycles. The summed E-state index contributed by atoms with van der Waals surface area (Å²) in [6, 6.07) is 10.1. The summed E-state index contributed by atoms with van der Waals surface area (Å²) in [5, 5.41) is 3.17. The highest BCUT2D eigenvalue weighted by Crippen LogP contribution is 2.41. The molecule has 1 aromatic rings. The molecule has 4 heteroatoms. The number of amides is 1. The molecule has 1 saturated carbocycles. The van der Waals surface area contributed by atoms with Gasteiger partial charge >= 0.3 is 0 Å². The summed E-state index contributed by atoms with van der Waals surface area (Å²) in [6.07, 6.45) is 2.38. The molecule has 4 nitrogen and oxygen atoms in total. The fraction of sp³-hybridized carbons (Fsp3) is 0.533. The maximum absolute atomic E-state index is 12.3. The van der Waals surface area contributed by atoms with E-state index in [-0.39, 0.29) is 23.9 Å². The minimum atomic E-state index is -0.204. The number of ether oxygens (including phenoxy) is 1. The molecule has 1 amide bonds. The fourth-order valence-corrected chi connectivity index (χ4v) is 2.66. The predicted octanol–water partition coefficient (Wildman–Crippen LogP) is 1.23. The molecule has 3 N–H and O–H groups in total. The Morgan fingerprint density at radius 1 is 1.26 bits per heavy atom. The molecule has 3 rings (SSSR count). The van der Waals surface area contributed by atoms with E-state index in [2.05, 4.69) is 17.4 Å². The van der Waals surface area contributed by atoms with Crippen molar-refractivity contribution in [3.8, 4) is 0 Å². The van der Waals surface area contributed by atoms with E-state index in [1.807, 2.05) is 18.2 Å². The number of benzene rings is 1. The first-order valence-corrected chi connectivity index (χ1v) is 6.94. The zero-order chi connectivity index (χ0) is 13.2. The van der Waals surface area contributed by atoms with Crippen LogP contribution in [-0.2, 0) is 9.53 Å². The van der Waals surface area contributed by atoms with Crippen molar-refractivity contribution < 1.29 is 9.53 Å². The minimum absolute atomic E-state index is 0.0331. The molecule has 3 atom stereocenters. The highest BCUT2D eigenvalue weighted by Gasteiger charge is 2.37. The highest BCUT2D eigenvalue weighted by atomic mass is 16.5. The third kappa shape index (κ3) is 2.80. The molecule has 0 bridgehead atoms. The van der Waals surface area contributed by atoms with Gasteiger partial charge in [0.05, 0.1) is 25.2 Å². The Bertz CT molecular complexity index is 445. The molecule has 1 heterocycles. The van der Waals surface area contributed by atoms with E-state index in [0.29, 0.717) is 19.1 Å². The molecule has 3 unspecified atom stereocenters. The Morgan fingerprint density at radius 3 is 2.58 bits per heavy atom. The summed E-state index contributed by atoms with van der Waals surface area (Å²) >= 11 is 0. The number of rotatable bonds is 4. The molecule has 2 fully saturated rings. The van der Waals surface area contributed by atoms with Crippen LogP contribution in [0.3, 0.4) is 0 Å². The summed E-state index contributed by atoms with van der Waals surface area (Å²) in [4.78, 5) is 12.3. The lowest BCUT2D eigenvalue weighted by atomic mass is 9.99. The van der Waals surface area contributed by atoms with Gasteiger partial charge in [0.1, 0.15) is 0 Å². The monoisotopic (exact) mass is 260 g/mol. The first-order chi connectivity index (χ1) is 9.25. The second-order valence-corrected chi connectivity index (χ2v) is 5.54. The molecule has 1 aromatic carbocycles. The average Bonchev–Trinajstić information content (AvgIpc) is 3.18. The van der Waals surface area contributed by atoms with E-state index in [1.54, 1.807) is 0 Å². The van der Waals surface area contributed by atoms with Crippen LogP contribution < -0.4 is 11.1 Å². The number of hydrogen-bond donors (Lipinski definition) is 2. The van der Waals surface area contributed by atoms with Gasteiger partial charge < -0.3 is 15.8 Å². The highest BCUT2D eigenvalue weighted by molar-refractivity contribution is 5.80. The van der Waals surface area contributed by atoms with E-state index in [1.165, 1.54) is 18.4 Å². The van der Waals surface area contributed by atoms with Gasteiger partial charge in [0.2, 0.25) is 5.91 Å². The van der Waals surface area contributed by atoms with Crippen LogP contribution in [0.15, 0.2) is 30.3 Å². The molecule has 0 radical (unpaired) electrons. The van der Waals surface area contributed by atoms with Gasteiger partial charge in [0, 0.05) is 6.04 Å². The van der Waals surface area contributed by atoms with Crippen molar-refractivity contribution in [2.45, 2.75) is 24.9 Å². The summed E-state index contributed by atoms with van der Waals surface area (Å²) in [7, 11) is 0. The Labute approximate surface area is 113 Å². The SMILES string of the molecule is NC1COCC1C(=O)NC(c1ccccc1)C1CC1. The van der Waals surface area contributed by atoms with Crippen LogP contribution in [0, 0.1) is 11.8 Å². The number of carbonyl (C=O) groups is 1. The maximum Gasteiger partial charge on any atom is 0.227 e. The summed E-state index contributed by atoms with van der Waals surface area (Å²) in [6.45, 7) is 0.927. The van der Waals surface area contributed by atoms with Gasteiger partial charge in [0.15, 0.2) is 0 Å². The summed E-state index contributed by atoms with van der Waals surface area (Å²) in [5.74, 6) is 0.403. The second kappa shape index (κ2) is 5.31. The lowest BCUT2D eigenvalue weighted by Gasteiger charge is -2.22. The van der Waals surface area contributed by atoms with Gasteiger partial charge in [-0.2, -0.15) is 0 Å². The fourth-order valence-electron chi connectivity index (χ4n) is 2.66. The van der Waals surface area contributed by atoms with Crippen molar-refractivity contribution in [3.63, 3.8) is 0 Å². The van der Waals surface area contributed by atoms with Crippen molar-refractivity contribution in [1.29, 1.82) is 0 Å². The molecule has 1 aliphatic carbocycles. The van der Waals surface area contributed by atoms with E-state index < -0.39 is 0 Å². The summed E-state index contributed by atoms with van der Waals surface area (Å²) < 4.78 is 5.27. The molecule has 19 heavy (non-hydrogen) atoms. The number of hydrogen-bond acceptors (Lipinski definition) is 3. The largest absolute Gasteiger partial charge is 0.379 e. The van der Waals surface area contributed by atoms with Gasteiger partial charge in [-0.25, -0.2) is 0 Å². The van der Waals surface area contributed by atoms with Crippen LogP contribution in [0.1, 0.15) is 24.4 Å². The Hall–Kier alpha value is -1.39. The van der Waals surface area contributed by atoms with Crippen LogP contribution in [0.2, 0.25) is 0 Å². The van der Waals surface area contributed by atoms with Crippen LogP contribution in [0.25, 0.3) is 0 Å².